The van der Waals surface area contributed by atoms with Crippen molar-refractivity contribution >= 4 is 47.1 Å². The normalized spacial score (nSPS) is 11.2. The van der Waals surface area contributed by atoms with E-state index >= 15 is 0 Å². The fourth-order valence-corrected chi connectivity index (χ4v) is 4.60. The minimum atomic E-state index is -0.299. The number of hydrazone groups is 1. The Bertz CT molecular complexity index is 1080. The van der Waals surface area contributed by atoms with Gasteiger partial charge in [-0.3, -0.25) is 4.79 Å². The standard InChI is InChI=1S/C22H20Cl2FN3OS/c1-14-10-16(15(2)28(14)21-9-4-3-8-20(21)25)11-26-27-22(29)13-30-12-17-18(23)6-5-7-19(17)24/h3-11H,12-13H2,1-2H3,(H,27,29)/b26-11-. The number of benzene rings is 2. The summed E-state index contributed by atoms with van der Waals surface area (Å²) in [5.41, 5.74) is 6.30. The topological polar surface area (TPSA) is 46.4 Å². The van der Waals surface area contributed by atoms with Gasteiger partial charge < -0.3 is 4.57 Å². The maximum absolute atomic E-state index is 14.2. The average molecular weight is 464 g/mol. The lowest BCUT2D eigenvalue weighted by Gasteiger charge is -2.10. The number of thioether (sulfide) groups is 1. The molecule has 3 rings (SSSR count). The highest BCUT2D eigenvalue weighted by Gasteiger charge is 2.12. The Hall–Kier alpha value is -2.28. The third-order valence-electron chi connectivity index (χ3n) is 4.50. The Balaban J connectivity index is 1.59. The first-order valence-electron chi connectivity index (χ1n) is 9.15. The number of rotatable bonds is 7. The molecule has 0 aliphatic carbocycles. The number of carbonyl (C=O) groups is 1. The molecule has 2 aromatic carbocycles. The van der Waals surface area contributed by atoms with Crippen LogP contribution in [0.4, 0.5) is 4.39 Å². The monoisotopic (exact) mass is 463 g/mol. The van der Waals surface area contributed by atoms with E-state index in [1.807, 2.05) is 24.5 Å². The van der Waals surface area contributed by atoms with E-state index in [0.717, 1.165) is 22.5 Å². The van der Waals surface area contributed by atoms with Crippen LogP contribution in [0.15, 0.2) is 53.6 Å². The van der Waals surface area contributed by atoms with E-state index < -0.39 is 0 Å². The SMILES string of the molecule is Cc1cc(/C=N\NC(=O)CSCc2c(Cl)cccc2Cl)c(C)n1-c1ccccc1F. The Labute approximate surface area is 189 Å². The summed E-state index contributed by atoms with van der Waals surface area (Å²) in [6.07, 6.45) is 1.56. The van der Waals surface area contributed by atoms with E-state index in [9.17, 15) is 9.18 Å². The van der Waals surface area contributed by atoms with E-state index in [4.69, 9.17) is 23.2 Å². The van der Waals surface area contributed by atoms with Crippen molar-refractivity contribution in [2.45, 2.75) is 19.6 Å². The van der Waals surface area contributed by atoms with Gasteiger partial charge in [0.15, 0.2) is 0 Å². The molecular weight excluding hydrogens is 444 g/mol. The van der Waals surface area contributed by atoms with E-state index in [-0.39, 0.29) is 17.5 Å². The molecule has 30 heavy (non-hydrogen) atoms. The van der Waals surface area contributed by atoms with Crippen LogP contribution in [0.5, 0.6) is 0 Å². The molecule has 1 heterocycles. The summed E-state index contributed by atoms with van der Waals surface area (Å²) in [7, 11) is 0. The van der Waals surface area contributed by atoms with Gasteiger partial charge in [0.05, 0.1) is 17.7 Å². The highest BCUT2D eigenvalue weighted by atomic mass is 35.5. The van der Waals surface area contributed by atoms with Crippen LogP contribution < -0.4 is 5.43 Å². The van der Waals surface area contributed by atoms with Gasteiger partial charge in [-0.25, -0.2) is 9.82 Å². The highest BCUT2D eigenvalue weighted by molar-refractivity contribution is 7.99. The number of hydrogen-bond acceptors (Lipinski definition) is 3. The van der Waals surface area contributed by atoms with Gasteiger partial charge in [0.25, 0.3) is 0 Å². The molecule has 1 aromatic heterocycles. The van der Waals surface area contributed by atoms with Gasteiger partial charge in [-0.05, 0) is 49.7 Å². The molecule has 3 aromatic rings. The van der Waals surface area contributed by atoms with Gasteiger partial charge in [0.2, 0.25) is 5.91 Å². The van der Waals surface area contributed by atoms with Gasteiger partial charge in [-0.15, -0.1) is 11.8 Å². The van der Waals surface area contributed by atoms with Crippen molar-refractivity contribution in [2.75, 3.05) is 5.75 Å². The van der Waals surface area contributed by atoms with Crippen LogP contribution in [-0.2, 0) is 10.5 Å². The summed E-state index contributed by atoms with van der Waals surface area (Å²) in [5, 5.41) is 5.20. The number of para-hydroxylation sites is 1. The number of amides is 1. The molecular formula is C22H20Cl2FN3OS. The molecule has 0 saturated heterocycles. The summed E-state index contributed by atoms with van der Waals surface area (Å²) in [6, 6.07) is 13.8. The maximum atomic E-state index is 14.2. The molecule has 0 unspecified atom stereocenters. The van der Waals surface area contributed by atoms with Gasteiger partial charge >= 0.3 is 0 Å². The molecule has 0 spiro atoms. The molecule has 0 aliphatic rings. The smallest absolute Gasteiger partial charge is 0.250 e. The van der Waals surface area contributed by atoms with Crippen molar-refractivity contribution in [3.05, 3.63) is 86.9 Å². The van der Waals surface area contributed by atoms with Crippen LogP contribution >= 0.6 is 35.0 Å². The predicted molar refractivity (Wildman–Crippen MR) is 124 cm³/mol. The minimum absolute atomic E-state index is 0.215. The predicted octanol–water partition coefficient (Wildman–Crippen LogP) is 5.92. The largest absolute Gasteiger partial charge is 0.315 e. The molecule has 0 atom stereocenters. The number of nitrogens with zero attached hydrogens (tertiary/aromatic N) is 2. The average Bonchev–Trinajstić information content (AvgIpc) is 2.98. The van der Waals surface area contributed by atoms with Crippen LogP contribution in [-0.4, -0.2) is 22.4 Å². The van der Waals surface area contributed by atoms with Crippen LogP contribution in [0.1, 0.15) is 22.5 Å². The number of aromatic nitrogens is 1. The lowest BCUT2D eigenvalue weighted by atomic mass is 10.2. The number of hydrogen-bond donors (Lipinski definition) is 1. The summed E-state index contributed by atoms with van der Waals surface area (Å²) in [5.74, 6) is 0.209. The Kier molecular flexibility index (Phi) is 7.58. The molecule has 156 valence electrons. The molecule has 0 aliphatic heterocycles. The zero-order valence-corrected chi connectivity index (χ0v) is 18.8. The highest BCUT2D eigenvalue weighted by Crippen LogP contribution is 2.28. The van der Waals surface area contributed by atoms with Gasteiger partial charge in [-0.2, -0.15) is 5.10 Å². The molecule has 1 amide bonds. The first kappa shape index (κ1) is 22.4. The third kappa shape index (κ3) is 5.25. The summed E-state index contributed by atoms with van der Waals surface area (Å²) in [6.45, 7) is 3.78. The lowest BCUT2D eigenvalue weighted by Crippen LogP contribution is -2.19. The molecule has 0 radical (unpaired) electrons. The Morgan fingerprint density at radius 3 is 2.57 bits per heavy atom. The maximum Gasteiger partial charge on any atom is 0.250 e. The second-order valence-corrected chi connectivity index (χ2v) is 8.40. The molecule has 8 heteroatoms. The number of carbonyl (C=O) groups excluding carboxylic acids is 1. The van der Waals surface area contributed by atoms with Crippen LogP contribution in [0.3, 0.4) is 0 Å². The van der Waals surface area contributed by atoms with Crippen molar-refractivity contribution < 1.29 is 9.18 Å². The Morgan fingerprint density at radius 2 is 1.87 bits per heavy atom. The van der Waals surface area contributed by atoms with Gasteiger partial charge in [0.1, 0.15) is 5.82 Å². The summed E-state index contributed by atoms with van der Waals surface area (Å²) < 4.78 is 16.0. The van der Waals surface area contributed by atoms with Crippen LogP contribution in [0, 0.1) is 19.7 Å². The first-order chi connectivity index (χ1) is 14.4. The van der Waals surface area contributed by atoms with Crippen molar-refractivity contribution in [3.8, 4) is 5.69 Å². The van der Waals surface area contributed by atoms with Crippen LogP contribution in [0.2, 0.25) is 10.0 Å². The Morgan fingerprint density at radius 1 is 1.17 bits per heavy atom. The zero-order chi connectivity index (χ0) is 21.7. The number of nitrogens with one attached hydrogen (secondary N) is 1. The second kappa shape index (κ2) is 10.2. The molecule has 0 bridgehead atoms. The molecule has 0 saturated carbocycles. The fraction of sp³-hybridized carbons (Fsp3) is 0.182. The molecule has 0 fully saturated rings. The van der Waals surface area contributed by atoms with Crippen molar-refractivity contribution in [3.63, 3.8) is 0 Å². The third-order valence-corrected chi connectivity index (χ3v) is 6.17. The zero-order valence-electron chi connectivity index (χ0n) is 16.5. The second-order valence-electron chi connectivity index (χ2n) is 6.60. The summed E-state index contributed by atoms with van der Waals surface area (Å²) in [4.78, 5) is 12.1. The number of halogens is 3. The molecule has 4 nitrogen and oxygen atoms in total. The lowest BCUT2D eigenvalue weighted by molar-refractivity contribution is -0.118. The van der Waals surface area contributed by atoms with Crippen molar-refractivity contribution in [1.82, 2.24) is 9.99 Å². The summed E-state index contributed by atoms with van der Waals surface area (Å²) >= 11 is 13.7. The van der Waals surface area contributed by atoms with Crippen LogP contribution in [0.25, 0.3) is 5.69 Å². The van der Waals surface area contributed by atoms with E-state index in [1.54, 1.807) is 42.6 Å². The van der Waals surface area contributed by atoms with Crippen molar-refractivity contribution in [2.24, 2.45) is 5.10 Å². The van der Waals surface area contributed by atoms with Crippen molar-refractivity contribution in [1.29, 1.82) is 0 Å². The van der Waals surface area contributed by atoms with E-state index in [0.29, 0.717) is 21.5 Å². The van der Waals surface area contributed by atoms with Gasteiger partial charge in [0, 0.05) is 32.7 Å². The first-order valence-corrected chi connectivity index (χ1v) is 11.1. The van der Waals surface area contributed by atoms with E-state index in [1.165, 1.54) is 17.8 Å². The molecule has 1 N–H and O–H groups in total. The fourth-order valence-electron chi connectivity index (χ4n) is 3.04. The van der Waals surface area contributed by atoms with E-state index in [2.05, 4.69) is 10.5 Å². The van der Waals surface area contributed by atoms with Gasteiger partial charge in [-0.1, -0.05) is 41.4 Å². The number of aryl methyl sites for hydroxylation is 1. The minimum Gasteiger partial charge on any atom is -0.315 e. The quantitative estimate of drug-likeness (QED) is 0.348.